The zero-order chi connectivity index (χ0) is 25.8. The summed E-state index contributed by atoms with van der Waals surface area (Å²) in [5, 5.41) is 15.1. The fourth-order valence-corrected chi connectivity index (χ4v) is 7.93. The van der Waals surface area contributed by atoms with Gasteiger partial charge in [0.2, 0.25) is 6.79 Å². The molecule has 0 radical (unpaired) electrons. The van der Waals surface area contributed by atoms with Crippen molar-refractivity contribution in [2.75, 3.05) is 13.5 Å². The van der Waals surface area contributed by atoms with Crippen LogP contribution in [0.4, 0.5) is 0 Å². The number of nitrogens with two attached hydrogens (primary N) is 1. The Morgan fingerprint density at radius 1 is 1.24 bits per heavy atom. The maximum atomic E-state index is 11.9. The molecule has 0 aromatic heterocycles. The van der Waals surface area contributed by atoms with Gasteiger partial charge in [-0.3, -0.25) is 4.99 Å². The maximum Gasteiger partial charge on any atom is 0.231 e. The van der Waals surface area contributed by atoms with Crippen LogP contribution in [-0.2, 0) is 0 Å². The zero-order valence-corrected chi connectivity index (χ0v) is 22.4. The molecule has 0 saturated heterocycles. The number of nitrogens with one attached hydrogen (secondary N) is 1. The van der Waals surface area contributed by atoms with E-state index in [1.807, 2.05) is 13.0 Å². The molecule has 2 fully saturated rings. The summed E-state index contributed by atoms with van der Waals surface area (Å²) in [7, 11) is 0. The molecule has 6 rings (SSSR count). The highest BCUT2D eigenvalue weighted by Gasteiger charge is 2.62. The van der Waals surface area contributed by atoms with Crippen molar-refractivity contribution in [3.05, 3.63) is 46.6 Å². The van der Waals surface area contributed by atoms with Gasteiger partial charge in [0.1, 0.15) is 12.3 Å². The number of ether oxygens (including phenoxy) is 2. The predicted octanol–water partition coefficient (Wildman–Crippen LogP) is 4.73. The van der Waals surface area contributed by atoms with E-state index in [4.69, 9.17) is 32.4 Å². The van der Waals surface area contributed by atoms with Gasteiger partial charge < -0.3 is 25.6 Å². The highest BCUT2D eigenvalue weighted by molar-refractivity contribution is 7.80. The third-order valence-electron chi connectivity index (χ3n) is 9.57. The molecule has 0 amide bonds. The minimum absolute atomic E-state index is 0.206. The van der Waals surface area contributed by atoms with Gasteiger partial charge in [0, 0.05) is 17.0 Å². The molecule has 1 heterocycles. The lowest BCUT2D eigenvalue weighted by Gasteiger charge is -2.53. The van der Waals surface area contributed by atoms with E-state index in [1.165, 1.54) is 16.7 Å². The summed E-state index contributed by atoms with van der Waals surface area (Å²) in [6, 6.07) is 6.40. The van der Waals surface area contributed by atoms with E-state index in [0.717, 1.165) is 62.2 Å². The first-order valence-electron chi connectivity index (χ1n) is 13.4. The second-order valence-electron chi connectivity index (χ2n) is 11.3. The molecule has 6 nitrogen and oxygen atoms in total. The second-order valence-corrected chi connectivity index (χ2v) is 11.7. The Bertz CT molecular complexity index is 1300. The first kappa shape index (κ1) is 24.5. The van der Waals surface area contributed by atoms with Crippen LogP contribution >= 0.6 is 12.2 Å². The zero-order valence-electron chi connectivity index (χ0n) is 21.6. The molecule has 5 aliphatic rings. The van der Waals surface area contributed by atoms with E-state index in [0.29, 0.717) is 18.5 Å². The number of hydrogen-bond donors (Lipinski definition) is 3. The van der Waals surface area contributed by atoms with Crippen LogP contribution < -0.4 is 20.5 Å². The van der Waals surface area contributed by atoms with E-state index >= 15 is 0 Å². The number of hydrogen-bond acceptors (Lipinski definition) is 5. The van der Waals surface area contributed by atoms with Gasteiger partial charge in [0.15, 0.2) is 16.6 Å². The lowest BCUT2D eigenvalue weighted by atomic mass is 9.51. The van der Waals surface area contributed by atoms with Gasteiger partial charge in [-0.2, -0.15) is 0 Å². The number of fused-ring (bicyclic) bond motifs is 5. The summed E-state index contributed by atoms with van der Waals surface area (Å²) < 4.78 is 11.4. The molecule has 0 spiro atoms. The Morgan fingerprint density at radius 3 is 2.89 bits per heavy atom. The molecule has 0 unspecified atom stereocenters. The van der Waals surface area contributed by atoms with Gasteiger partial charge in [0.25, 0.3) is 0 Å². The highest BCUT2D eigenvalue weighted by atomic mass is 32.1. The van der Waals surface area contributed by atoms with Gasteiger partial charge >= 0.3 is 0 Å². The quantitative estimate of drug-likeness (QED) is 0.397. The van der Waals surface area contributed by atoms with E-state index in [2.05, 4.69) is 42.3 Å². The maximum absolute atomic E-state index is 11.9. The van der Waals surface area contributed by atoms with Crippen LogP contribution in [0, 0.1) is 29.1 Å². The van der Waals surface area contributed by atoms with Crippen LogP contribution in [0.2, 0.25) is 0 Å². The molecule has 194 valence electrons. The topological polar surface area (TPSA) is 89.1 Å². The molecule has 4 N–H and O–H groups in total. The van der Waals surface area contributed by atoms with Gasteiger partial charge in [-0.05, 0) is 111 Å². The van der Waals surface area contributed by atoms with Crippen LogP contribution in [0.15, 0.2) is 46.0 Å². The Morgan fingerprint density at radius 2 is 2.08 bits per heavy atom. The lowest BCUT2D eigenvalue weighted by molar-refractivity contribution is -0.0513. The number of rotatable bonds is 3. The minimum Gasteiger partial charge on any atom is -0.454 e. The second kappa shape index (κ2) is 9.18. The molecule has 7 heteroatoms. The average Bonchev–Trinajstić information content (AvgIpc) is 3.45. The molecule has 1 aromatic carbocycles. The van der Waals surface area contributed by atoms with Crippen molar-refractivity contribution < 1.29 is 14.6 Å². The van der Waals surface area contributed by atoms with Gasteiger partial charge in [-0.25, -0.2) is 0 Å². The van der Waals surface area contributed by atoms with Gasteiger partial charge in [0.05, 0.1) is 0 Å². The SMILES string of the molecule is CC#C[C@]1(O)CC[C@H]2[C@@H]3CCC4=CC(=NCNC(N)=S)CCC4=C3[C@@H](c3ccc4c(c3)OCO4)C[C@@]21C. The number of benzene rings is 1. The summed E-state index contributed by atoms with van der Waals surface area (Å²) in [5.41, 5.74) is 11.2. The van der Waals surface area contributed by atoms with Crippen LogP contribution in [-0.4, -0.2) is 35.0 Å². The van der Waals surface area contributed by atoms with E-state index in [1.54, 1.807) is 5.57 Å². The van der Waals surface area contributed by atoms with Crippen molar-refractivity contribution in [2.45, 2.75) is 70.3 Å². The van der Waals surface area contributed by atoms with Crippen molar-refractivity contribution in [1.82, 2.24) is 5.32 Å². The Labute approximate surface area is 224 Å². The number of aliphatic hydroxyl groups is 1. The van der Waals surface area contributed by atoms with Gasteiger partial charge in [-0.1, -0.05) is 24.5 Å². The average molecular weight is 518 g/mol. The molecule has 5 atom stereocenters. The summed E-state index contributed by atoms with van der Waals surface area (Å²) in [6.07, 6.45) is 8.99. The van der Waals surface area contributed by atoms with Crippen LogP contribution in [0.5, 0.6) is 11.5 Å². The normalized spacial score (nSPS) is 34.6. The first-order valence-corrected chi connectivity index (χ1v) is 13.8. The van der Waals surface area contributed by atoms with E-state index in [9.17, 15) is 5.11 Å². The number of allylic oxidation sites excluding steroid dienone is 4. The molecular weight excluding hydrogens is 482 g/mol. The standard InChI is InChI=1S/C30H35N3O3S/c1-3-11-30(34)12-10-24-22-7-4-18-13-20(32-16-33-28(31)37)6-8-21(18)27(22)23(15-29(24,30)2)19-5-9-25-26(14-19)36-17-35-25/h5,9,13-14,22-24,34H,4,6-8,10,12,15-17H2,1-2H3,(H3,31,33,37)/t22-,23+,24-,29-,30-/m0/s1. The van der Waals surface area contributed by atoms with Crippen LogP contribution in [0.3, 0.4) is 0 Å². The van der Waals surface area contributed by atoms with Crippen molar-refractivity contribution in [2.24, 2.45) is 28.0 Å². The van der Waals surface area contributed by atoms with E-state index < -0.39 is 5.60 Å². The first-order chi connectivity index (χ1) is 17.8. The predicted molar refractivity (Wildman–Crippen MR) is 148 cm³/mol. The number of aliphatic imine (C=N–C) groups is 1. The fourth-order valence-electron chi connectivity index (χ4n) is 7.86. The molecule has 0 bridgehead atoms. The Kier molecular flexibility index (Phi) is 6.08. The van der Waals surface area contributed by atoms with Crippen LogP contribution in [0.1, 0.15) is 70.3 Å². The van der Waals surface area contributed by atoms with Gasteiger partial charge in [-0.15, -0.1) is 5.92 Å². The smallest absolute Gasteiger partial charge is 0.231 e. The fraction of sp³-hybridized carbons (Fsp3) is 0.533. The molecule has 2 saturated carbocycles. The summed E-state index contributed by atoms with van der Waals surface area (Å²) >= 11 is 4.92. The summed E-state index contributed by atoms with van der Waals surface area (Å²) in [4.78, 5) is 4.70. The monoisotopic (exact) mass is 517 g/mol. The van der Waals surface area contributed by atoms with Crippen molar-refractivity contribution in [1.29, 1.82) is 0 Å². The molecule has 1 aromatic rings. The van der Waals surface area contributed by atoms with Crippen molar-refractivity contribution >= 4 is 23.0 Å². The van der Waals surface area contributed by atoms with Crippen molar-refractivity contribution in [3.8, 4) is 23.3 Å². The highest BCUT2D eigenvalue weighted by Crippen LogP contribution is 2.66. The van der Waals surface area contributed by atoms with Crippen molar-refractivity contribution in [3.63, 3.8) is 0 Å². The van der Waals surface area contributed by atoms with Crippen LogP contribution in [0.25, 0.3) is 0 Å². The molecule has 37 heavy (non-hydrogen) atoms. The molecule has 1 aliphatic heterocycles. The minimum atomic E-state index is -0.948. The summed E-state index contributed by atoms with van der Waals surface area (Å²) in [5.74, 6) is 9.01. The number of thiocarbonyl (C=S) groups is 1. The third-order valence-corrected chi connectivity index (χ3v) is 9.71. The Hall–Kier alpha value is -2.82. The summed E-state index contributed by atoms with van der Waals surface area (Å²) in [6.45, 7) is 4.82. The lowest BCUT2D eigenvalue weighted by Crippen LogP contribution is -2.51. The molecular formula is C30H35N3O3S. The van der Waals surface area contributed by atoms with E-state index in [-0.39, 0.29) is 23.2 Å². The molecule has 4 aliphatic carbocycles. The number of nitrogens with zero attached hydrogens (tertiary/aromatic N) is 1. The Balaban J connectivity index is 1.45. The third kappa shape index (κ3) is 3.97. The largest absolute Gasteiger partial charge is 0.454 e.